The van der Waals surface area contributed by atoms with Crippen LogP contribution in [0.25, 0.3) is 0 Å². The summed E-state index contributed by atoms with van der Waals surface area (Å²) < 4.78 is 0. The molecule has 1 atom stereocenters. The molecule has 0 N–H and O–H groups in total. The van der Waals surface area contributed by atoms with Gasteiger partial charge in [0.25, 0.3) is 0 Å². The van der Waals surface area contributed by atoms with E-state index in [-0.39, 0.29) is 5.78 Å². The molecule has 1 nitrogen and oxygen atoms in total. The van der Waals surface area contributed by atoms with Gasteiger partial charge in [-0.05, 0) is 19.3 Å². The lowest BCUT2D eigenvalue weighted by molar-refractivity contribution is 0.102. The molecule has 1 saturated carbocycles. The van der Waals surface area contributed by atoms with Crippen LogP contribution in [0.3, 0.4) is 0 Å². The van der Waals surface area contributed by atoms with Crippen molar-refractivity contribution >= 4 is 5.78 Å². The Balaban J connectivity index is 1.85. The molecule has 1 heteroatoms. The summed E-state index contributed by atoms with van der Waals surface area (Å²) in [5.74, 6) is 0.625. The maximum atomic E-state index is 12.4. The van der Waals surface area contributed by atoms with Gasteiger partial charge < -0.3 is 0 Å². The van der Waals surface area contributed by atoms with Crippen molar-refractivity contribution in [3.8, 4) is 0 Å². The number of ketones is 1. The van der Waals surface area contributed by atoms with Crippen molar-refractivity contribution in [2.24, 2.45) is 5.92 Å². The lowest BCUT2D eigenvalue weighted by Gasteiger charge is -2.23. The Morgan fingerprint density at radius 3 is 2.71 bits per heavy atom. The van der Waals surface area contributed by atoms with E-state index in [9.17, 15) is 4.79 Å². The van der Waals surface area contributed by atoms with Crippen LogP contribution < -0.4 is 0 Å². The SMILES string of the molecule is O=C(C1=CC=C2CCCCC21)c1ccccc1. The van der Waals surface area contributed by atoms with Crippen LogP contribution in [0.1, 0.15) is 36.0 Å². The number of fused-ring (bicyclic) bond motifs is 1. The van der Waals surface area contributed by atoms with Crippen LogP contribution in [-0.2, 0) is 0 Å². The van der Waals surface area contributed by atoms with Crippen LogP contribution in [0.5, 0.6) is 0 Å². The maximum absolute atomic E-state index is 12.4. The Bertz CT molecular complexity index is 494. The predicted octanol–water partition coefficient (Wildman–Crippen LogP) is 3.93. The molecule has 17 heavy (non-hydrogen) atoms. The number of carbonyl (C=O) groups excluding carboxylic acids is 1. The largest absolute Gasteiger partial charge is 0.289 e. The fraction of sp³-hybridized carbons (Fsp3) is 0.312. The summed E-state index contributed by atoms with van der Waals surface area (Å²) in [7, 11) is 0. The molecule has 0 spiro atoms. The summed E-state index contributed by atoms with van der Waals surface area (Å²) in [6.45, 7) is 0. The average Bonchev–Trinajstić information content (AvgIpc) is 2.83. The number of allylic oxidation sites excluding steroid dienone is 4. The average molecular weight is 224 g/mol. The fourth-order valence-corrected chi connectivity index (χ4v) is 2.90. The summed E-state index contributed by atoms with van der Waals surface area (Å²) in [5, 5.41) is 0. The lowest BCUT2D eigenvalue weighted by atomic mass is 9.80. The highest BCUT2D eigenvalue weighted by Crippen LogP contribution is 2.39. The summed E-state index contributed by atoms with van der Waals surface area (Å²) >= 11 is 0. The number of rotatable bonds is 2. The monoisotopic (exact) mass is 224 g/mol. The van der Waals surface area contributed by atoms with Crippen LogP contribution in [0.15, 0.2) is 53.6 Å². The van der Waals surface area contributed by atoms with E-state index < -0.39 is 0 Å². The van der Waals surface area contributed by atoms with Gasteiger partial charge in [0.1, 0.15) is 0 Å². The van der Waals surface area contributed by atoms with Crippen molar-refractivity contribution in [2.45, 2.75) is 25.7 Å². The smallest absolute Gasteiger partial charge is 0.189 e. The molecular formula is C16H16O. The van der Waals surface area contributed by atoms with Gasteiger partial charge in [-0.2, -0.15) is 0 Å². The number of hydrogen-bond acceptors (Lipinski definition) is 1. The van der Waals surface area contributed by atoms with E-state index >= 15 is 0 Å². The molecule has 0 aliphatic heterocycles. The lowest BCUT2D eigenvalue weighted by Crippen LogP contribution is -2.15. The van der Waals surface area contributed by atoms with Crippen molar-refractivity contribution in [2.75, 3.05) is 0 Å². The van der Waals surface area contributed by atoms with Gasteiger partial charge in [-0.3, -0.25) is 4.79 Å². The summed E-state index contributed by atoms with van der Waals surface area (Å²) in [6, 6.07) is 9.62. The van der Waals surface area contributed by atoms with E-state index in [2.05, 4.69) is 6.08 Å². The Morgan fingerprint density at radius 1 is 1.06 bits per heavy atom. The van der Waals surface area contributed by atoms with Gasteiger partial charge in [0.2, 0.25) is 0 Å². The van der Waals surface area contributed by atoms with Gasteiger partial charge in [-0.15, -0.1) is 0 Å². The van der Waals surface area contributed by atoms with Gasteiger partial charge in [0.15, 0.2) is 5.78 Å². The number of hydrogen-bond donors (Lipinski definition) is 0. The quantitative estimate of drug-likeness (QED) is 0.696. The second-order valence-electron chi connectivity index (χ2n) is 4.86. The van der Waals surface area contributed by atoms with Gasteiger partial charge in [0.05, 0.1) is 0 Å². The number of carbonyl (C=O) groups is 1. The molecule has 0 radical (unpaired) electrons. The highest BCUT2D eigenvalue weighted by molar-refractivity contribution is 6.10. The second-order valence-corrected chi connectivity index (χ2v) is 4.86. The van der Waals surface area contributed by atoms with E-state index in [1.54, 1.807) is 0 Å². The Kier molecular flexibility index (Phi) is 2.68. The Hall–Kier alpha value is -1.63. The van der Waals surface area contributed by atoms with Crippen LogP contribution >= 0.6 is 0 Å². The molecule has 0 aromatic heterocycles. The third-order valence-electron chi connectivity index (χ3n) is 3.81. The minimum absolute atomic E-state index is 0.212. The molecule has 1 unspecified atom stereocenters. The topological polar surface area (TPSA) is 17.1 Å². The predicted molar refractivity (Wildman–Crippen MR) is 68.9 cm³/mol. The molecule has 0 bridgehead atoms. The zero-order chi connectivity index (χ0) is 11.7. The molecule has 1 aromatic rings. The molecule has 2 aliphatic rings. The van der Waals surface area contributed by atoms with Crippen molar-refractivity contribution in [3.63, 3.8) is 0 Å². The summed E-state index contributed by atoms with van der Waals surface area (Å²) in [5.41, 5.74) is 3.29. The van der Waals surface area contributed by atoms with E-state index in [4.69, 9.17) is 0 Å². The molecule has 2 aliphatic carbocycles. The Morgan fingerprint density at radius 2 is 1.88 bits per heavy atom. The van der Waals surface area contributed by atoms with E-state index in [1.807, 2.05) is 36.4 Å². The van der Waals surface area contributed by atoms with Crippen LogP contribution in [0.4, 0.5) is 0 Å². The molecule has 3 rings (SSSR count). The van der Waals surface area contributed by atoms with E-state index in [0.717, 1.165) is 17.6 Å². The van der Waals surface area contributed by atoms with Gasteiger partial charge in [-0.25, -0.2) is 0 Å². The van der Waals surface area contributed by atoms with Crippen LogP contribution in [-0.4, -0.2) is 5.78 Å². The highest BCUT2D eigenvalue weighted by Gasteiger charge is 2.29. The van der Waals surface area contributed by atoms with Crippen molar-refractivity contribution in [3.05, 3.63) is 59.2 Å². The van der Waals surface area contributed by atoms with E-state index in [1.165, 1.54) is 24.8 Å². The van der Waals surface area contributed by atoms with Crippen molar-refractivity contribution < 1.29 is 4.79 Å². The highest BCUT2D eigenvalue weighted by atomic mass is 16.1. The molecule has 0 amide bonds. The normalized spacial score (nSPS) is 22.7. The van der Waals surface area contributed by atoms with Crippen molar-refractivity contribution in [1.82, 2.24) is 0 Å². The Labute approximate surface area is 102 Å². The second kappa shape index (κ2) is 4.33. The minimum atomic E-state index is 0.212. The zero-order valence-corrected chi connectivity index (χ0v) is 9.86. The first-order chi connectivity index (χ1) is 8.36. The third-order valence-corrected chi connectivity index (χ3v) is 3.81. The van der Waals surface area contributed by atoms with Crippen LogP contribution in [0.2, 0.25) is 0 Å². The molecular weight excluding hydrogens is 208 g/mol. The molecule has 0 saturated heterocycles. The van der Waals surface area contributed by atoms with E-state index in [0.29, 0.717) is 5.92 Å². The van der Waals surface area contributed by atoms with Crippen molar-refractivity contribution in [1.29, 1.82) is 0 Å². The minimum Gasteiger partial charge on any atom is -0.289 e. The first-order valence-corrected chi connectivity index (χ1v) is 6.36. The standard InChI is InChI=1S/C16H16O/c17-16(13-7-2-1-3-8-13)15-11-10-12-6-4-5-9-14(12)15/h1-3,7-8,10-11,14H,4-6,9H2. The molecule has 86 valence electrons. The first kappa shape index (κ1) is 10.5. The maximum Gasteiger partial charge on any atom is 0.189 e. The fourth-order valence-electron chi connectivity index (χ4n) is 2.90. The van der Waals surface area contributed by atoms with Gasteiger partial charge in [0, 0.05) is 17.1 Å². The van der Waals surface area contributed by atoms with Crippen LogP contribution in [0, 0.1) is 5.92 Å². The number of benzene rings is 1. The third kappa shape index (κ3) is 1.86. The summed E-state index contributed by atoms with van der Waals surface area (Å²) in [4.78, 5) is 12.4. The van der Waals surface area contributed by atoms with Gasteiger partial charge in [-0.1, -0.05) is 54.5 Å². The molecule has 0 heterocycles. The number of Topliss-reactive ketones (excluding diaryl/α,β-unsaturated/α-hetero) is 1. The molecule has 1 aromatic carbocycles. The zero-order valence-electron chi connectivity index (χ0n) is 9.86. The summed E-state index contributed by atoms with van der Waals surface area (Å²) in [6.07, 6.45) is 9.06. The first-order valence-electron chi connectivity index (χ1n) is 6.36. The molecule has 1 fully saturated rings. The van der Waals surface area contributed by atoms with Gasteiger partial charge >= 0.3 is 0 Å².